The van der Waals surface area contributed by atoms with Gasteiger partial charge in [0, 0.05) is 36.8 Å². The Labute approximate surface area is 262 Å². The summed E-state index contributed by atoms with van der Waals surface area (Å²) in [6.45, 7) is 10.3. The number of benzene rings is 3. The molecule has 2 aliphatic rings. The number of piperidine rings is 2. The van der Waals surface area contributed by atoms with Crippen molar-refractivity contribution < 1.29 is 14.0 Å². The Hall–Kier alpha value is -3.22. The fraction of sp³-hybridized carbons (Fsp3) is 0.444. The van der Waals surface area contributed by atoms with E-state index in [-0.39, 0.29) is 41.9 Å². The molecule has 5 rings (SSSR count). The number of amides is 2. The number of carbonyl (C=O) groups excluding carboxylic acids is 2. The number of rotatable bonds is 9. The van der Waals surface area contributed by atoms with E-state index in [4.69, 9.17) is 0 Å². The van der Waals surface area contributed by atoms with Crippen LogP contribution in [0.2, 0.25) is 0 Å². The van der Waals surface area contributed by atoms with E-state index in [1.165, 1.54) is 11.6 Å². The van der Waals surface area contributed by atoms with Crippen LogP contribution in [0.4, 0.5) is 10.1 Å². The molecule has 2 fully saturated rings. The zero-order valence-corrected chi connectivity index (χ0v) is 26.5. The summed E-state index contributed by atoms with van der Waals surface area (Å²) in [6, 6.07) is 21.3. The second-order valence-corrected chi connectivity index (χ2v) is 12.5. The first-order valence-electron chi connectivity index (χ1n) is 15.5. The van der Waals surface area contributed by atoms with E-state index in [0.717, 1.165) is 62.1 Å². The van der Waals surface area contributed by atoms with Crippen molar-refractivity contribution in [1.29, 1.82) is 0 Å². The predicted molar refractivity (Wildman–Crippen MR) is 174 cm³/mol. The number of nitrogens with one attached hydrogen (secondary N) is 1. The highest BCUT2D eigenvalue weighted by atomic mass is 35.5. The van der Waals surface area contributed by atoms with Crippen LogP contribution in [0.3, 0.4) is 0 Å². The Morgan fingerprint density at radius 2 is 1.60 bits per heavy atom. The molecule has 0 aromatic heterocycles. The third-order valence-electron chi connectivity index (χ3n) is 9.10. The summed E-state index contributed by atoms with van der Waals surface area (Å²) in [7, 11) is 0. The lowest BCUT2D eigenvalue weighted by molar-refractivity contribution is -0.124. The lowest BCUT2D eigenvalue weighted by Crippen LogP contribution is -2.46. The summed E-state index contributed by atoms with van der Waals surface area (Å²) >= 11 is 0. The second-order valence-electron chi connectivity index (χ2n) is 12.5. The number of carbonyl (C=O) groups is 2. The van der Waals surface area contributed by atoms with E-state index >= 15 is 0 Å². The van der Waals surface area contributed by atoms with Crippen LogP contribution in [0.15, 0.2) is 66.7 Å². The minimum atomic E-state index is -0.190. The highest BCUT2D eigenvalue weighted by molar-refractivity contribution is 5.99. The SMILES string of the molecule is Cc1cc(C(=O)NCCC2CCN(Cc3ccccc3)CC2)cc(C)c1N1C[C@@H](Cc2ccccc2F)C[C@@H](C)C1=O.Cl. The molecule has 1 N–H and O–H groups in total. The molecule has 2 saturated heterocycles. The number of halogens is 2. The lowest BCUT2D eigenvalue weighted by atomic mass is 9.84. The van der Waals surface area contributed by atoms with Crippen LogP contribution < -0.4 is 10.2 Å². The molecule has 3 aromatic rings. The van der Waals surface area contributed by atoms with E-state index in [1.807, 2.05) is 49.9 Å². The number of nitrogens with zero attached hydrogens (tertiary/aromatic N) is 2. The van der Waals surface area contributed by atoms with Gasteiger partial charge in [-0.05, 0) is 111 Å². The van der Waals surface area contributed by atoms with Gasteiger partial charge in [0.2, 0.25) is 5.91 Å². The topological polar surface area (TPSA) is 52.7 Å². The Balaban J connectivity index is 0.00000423. The van der Waals surface area contributed by atoms with Crippen LogP contribution in [0.1, 0.15) is 65.2 Å². The van der Waals surface area contributed by atoms with Gasteiger partial charge in [-0.25, -0.2) is 4.39 Å². The van der Waals surface area contributed by atoms with Crippen molar-refractivity contribution in [2.24, 2.45) is 17.8 Å². The number of anilines is 1. The first-order chi connectivity index (χ1) is 20.3. The standard InChI is InChI=1S/C36H44FN3O2.ClH/c1-25-20-32(35(41)38-16-13-28-14-17-39(18-15-28)23-29-9-5-4-6-10-29)21-26(2)34(25)40-24-30(19-27(3)36(40)42)22-31-11-7-8-12-33(31)37;/h4-12,20-21,27-28,30H,13-19,22-24H2,1-3H3,(H,38,41);1H/t27-,30-;/m1./s1. The van der Waals surface area contributed by atoms with E-state index in [2.05, 4.69) is 40.5 Å². The highest BCUT2D eigenvalue weighted by Gasteiger charge is 2.34. The lowest BCUT2D eigenvalue weighted by Gasteiger charge is -2.38. The van der Waals surface area contributed by atoms with E-state index in [0.29, 0.717) is 36.6 Å². The first kappa shape index (κ1) is 32.7. The summed E-state index contributed by atoms with van der Waals surface area (Å²) in [6.07, 6.45) is 4.66. The Kier molecular flexibility index (Phi) is 11.4. The maximum atomic E-state index is 14.3. The molecule has 2 heterocycles. The summed E-state index contributed by atoms with van der Waals surface area (Å²) < 4.78 is 14.3. The molecule has 2 amide bonds. The van der Waals surface area contributed by atoms with Crippen molar-refractivity contribution in [3.8, 4) is 0 Å². The van der Waals surface area contributed by atoms with Crippen molar-refractivity contribution in [2.75, 3.05) is 31.1 Å². The largest absolute Gasteiger partial charge is 0.352 e. The average Bonchev–Trinajstić information content (AvgIpc) is 2.97. The van der Waals surface area contributed by atoms with Crippen molar-refractivity contribution >= 4 is 29.9 Å². The van der Waals surface area contributed by atoms with Gasteiger partial charge in [-0.15, -0.1) is 12.4 Å². The quantitative estimate of drug-likeness (QED) is 0.282. The van der Waals surface area contributed by atoms with Gasteiger partial charge < -0.3 is 10.2 Å². The summed E-state index contributed by atoms with van der Waals surface area (Å²) in [5.41, 5.74) is 5.40. The minimum absolute atomic E-state index is 0. The minimum Gasteiger partial charge on any atom is -0.352 e. The molecule has 2 aliphatic heterocycles. The average molecular weight is 606 g/mol. The van der Waals surface area contributed by atoms with Crippen LogP contribution in [0, 0.1) is 37.4 Å². The Morgan fingerprint density at radius 3 is 2.28 bits per heavy atom. The third-order valence-corrected chi connectivity index (χ3v) is 9.10. The van der Waals surface area contributed by atoms with Crippen LogP contribution in [0.5, 0.6) is 0 Å². The van der Waals surface area contributed by atoms with Crippen LogP contribution in [0.25, 0.3) is 0 Å². The molecule has 43 heavy (non-hydrogen) atoms. The molecule has 5 nitrogen and oxygen atoms in total. The van der Waals surface area contributed by atoms with Gasteiger partial charge in [-0.2, -0.15) is 0 Å². The van der Waals surface area contributed by atoms with Gasteiger partial charge in [0.1, 0.15) is 5.82 Å². The molecule has 0 radical (unpaired) electrons. The van der Waals surface area contributed by atoms with E-state index < -0.39 is 0 Å². The Morgan fingerprint density at radius 1 is 0.953 bits per heavy atom. The summed E-state index contributed by atoms with van der Waals surface area (Å²) in [5, 5.41) is 3.14. The fourth-order valence-electron chi connectivity index (χ4n) is 6.89. The third kappa shape index (κ3) is 8.24. The second kappa shape index (κ2) is 15.0. The summed E-state index contributed by atoms with van der Waals surface area (Å²) in [5.74, 6) is 0.504. The summed E-state index contributed by atoms with van der Waals surface area (Å²) in [4.78, 5) is 30.8. The molecule has 3 aromatic carbocycles. The van der Waals surface area contributed by atoms with Gasteiger partial charge >= 0.3 is 0 Å². The highest BCUT2D eigenvalue weighted by Crippen LogP contribution is 2.34. The molecule has 230 valence electrons. The normalized spacial score (nSPS) is 19.6. The zero-order valence-electron chi connectivity index (χ0n) is 25.7. The molecule has 0 bridgehead atoms. The fourth-order valence-corrected chi connectivity index (χ4v) is 6.89. The van der Waals surface area contributed by atoms with Crippen LogP contribution in [-0.4, -0.2) is 42.9 Å². The number of likely N-dealkylation sites (tertiary alicyclic amines) is 1. The molecule has 0 spiro atoms. The maximum Gasteiger partial charge on any atom is 0.251 e. The molecule has 0 aliphatic carbocycles. The monoisotopic (exact) mass is 605 g/mol. The van der Waals surface area contributed by atoms with Crippen molar-refractivity contribution in [2.45, 2.75) is 59.4 Å². The molecular weight excluding hydrogens is 561 g/mol. The smallest absolute Gasteiger partial charge is 0.251 e. The molecule has 0 unspecified atom stereocenters. The van der Waals surface area contributed by atoms with E-state index in [1.54, 1.807) is 6.07 Å². The van der Waals surface area contributed by atoms with Gasteiger partial charge in [-0.3, -0.25) is 14.5 Å². The Bertz CT molecular complexity index is 1370. The van der Waals surface area contributed by atoms with E-state index in [9.17, 15) is 14.0 Å². The van der Waals surface area contributed by atoms with Gasteiger partial charge in [0.05, 0.1) is 0 Å². The first-order valence-corrected chi connectivity index (χ1v) is 15.5. The van der Waals surface area contributed by atoms with Crippen molar-refractivity contribution in [1.82, 2.24) is 10.2 Å². The maximum absolute atomic E-state index is 14.3. The van der Waals surface area contributed by atoms with Crippen LogP contribution >= 0.6 is 12.4 Å². The predicted octanol–water partition coefficient (Wildman–Crippen LogP) is 7.13. The number of hydrogen-bond donors (Lipinski definition) is 1. The van der Waals surface area contributed by atoms with Crippen LogP contribution in [-0.2, 0) is 17.8 Å². The van der Waals surface area contributed by atoms with Gasteiger partial charge in [0.25, 0.3) is 5.91 Å². The van der Waals surface area contributed by atoms with Gasteiger partial charge in [0.15, 0.2) is 0 Å². The number of aryl methyl sites for hydroxylation is 2. The molecule has 0 saturated carbocycles. The molecule has 7 heteroatoms. The number of hydrogen-bond acceptors (Lipinski definition) is 3. The molecular formula is C36H45ClFN3O2. The molecule has 2 atom stereocenters. The van der Waals surface area contributed by atoms with Crippen molar-refractivity contribution in [3.63, 3.8) is 0 Å². The zero-order chi connectivity index (χ0) is 29.6. The van der Waals surface area contributed by atoms with Gasteiger partial charge in [-0.1, -0.05) is 55.5 Å². The van der Waals surface area contributed by atoms with Crippen molar-refractivity contribution in [3.05, 3.63) is 100 Å².